The molecule has 408 valence electrons. The maximum absolute atomic E-state index is 15.6. The molecule has 2 fully saturated rings. The molecule has 0 unspecified atom stereocenters. The Morgan fingerprint density at radius 2 is 1.68 bits per heavy atom. The molecule has 9 atom stereocenters. The van der Waals surface area contributed by atoms with Gasteiger partial charge < -0.3 is 43.7 Å². The van der Waals surface area contributed by atoms with Crippen molar-refractivity contribution in [3.05, 3.63) is 88.9 Å². The third-order valence-corrected chi connectivity index (χ3v) is 28.1. The Labute approximate surface area is 451 Å². The van der Waals surface area contributed by atoms with Crippen LogP contribution in [0.25, 0.3) is 10.9 Å². The minimum Gasteiger partial charge on any atom is -0.496 e. The van der Waals surface area contributed by atoms with Crippen molar-refractivity contribution >= 4 is 56.7 Å². The van der Waals surface area contributed by atoms with Crippen molar-refractivity contribution in [1.29, 1.82) is 0 Å². The number of H-pyrrole nitrogens is 1. The zero-order valence-corrected chi connectivity index (χ0v) is 49.5. The lowest BCUT2D eigenvalue weighted by Gasteiger charge is -2.63. The highest BCUT2D eigenvalue weighted by Crippen LogP contribution is 2.68. The number of aliphatic hydroxyl groups excluding tert-OH is 1. The number of aromatic nitrogens is 3. The molecule has 1 saturated heterocycles. The number of Topliss-reactive ketones (excluding diaryl/α,β-unsaturated/α-hetero) is 1. The van der Waals surface area contributed by atoms with Gasteiger partial charge in [0.15, 0.2) is 33.2 Å². The fraction of sp³-hybridized carbons (Fsp3) is 0.621. The molecule has 9 rings (SSSR count). The van der Waals surface area contributed by atoms with Crippen LogP contribution >= 0.6 is 11.8 Å². The Morgan fingerprint density at radius 1 is 0.947 bits per heavy atom. The fourth-order valence-electron chi connectivity index (χ4n) is 15.3. The molecule has 14 nitrogen and oxygen atoms in total. The molecule has 0 bridgehead atoms. The average Bonchev–Trinajstić information content (AvgIpc) is 4.10. The number of aliphatic hydroxyl groups is 3. The molecule has 6 heterocycles. The number of anilines is 1. The average molecular weight is 1080 g/mol. The normalized spacial score (nSPS) is 31.1. The molecule has 1 aliphatic carbocycles. The number of benzene rings is 2. The lowest BCUT2D eigenvalue weighted by Crippen LogP contribution is -2.80. The highest BCUT2D eigenvalue weighted by Gasteiger charge is 2.78. The number of esters is 1. The predicted octanol–water partition coefficient (Wildman–Crippen LogP) is 8.48. The van der Waals surface area contributed by atoms with Crippen LogP contribution in [0.5, 0.6) is 5.75 Å². The number of unbranched alkanes of at least 4 members (excludes halogenated alkanes) is 1. The topological polar surface area (TPSA) is 174 Å². The number of hydrogen-bond donors (Lipinski definition) is 4. The lowest BCUT2D eigenvalue weighted by atomic mass is 9.47. The summed E-state index contributed by atoms with van der Waals surface area (Å²) < 4.78 is 19.5. The van der Waals surface area contributed by atoms with Gasteiger partial charge in [-0.3, -0.25) is 14.5 Å². The van der Waals surface area contributed by atoms with Crippen molar-refractivity contribution in [2.45, 2.75) is 163 Å². The third kappa shape index (κ3) is 9.38. The number of hydrogen-bond acceptors (Lipinski definition) is 14. The number of para-hydroxylation sites is 1. The Kier molecular flexibility index (Phi) is 15.4. The van der Waals surface area contributed by atoms with Gasteiger partial charge in [-0.2, -0.15) is 0 Å². The van der Waals surface area contributed by atoms with Gasteiger partial charge in [0.1, 0.15) is 17.3 Å². The number of likely N-dealkylation sites (N-methyl/N-ethyl adjacent to an activating group) is 2. The first kappa shape index (κ1) is 55.8. The molecule has 1 spiro atoms. The number of carbonyl (C=O) groups excluding carboxylic acids is 2. The standard InChI is InChI=1S/C58H84N6O8SSi2/c1-13-54(68)32-38(3)33-57(52(67)71-8,48-41(23-27-62(5)36-54)40-20-15-16-21-44(40)61-48)43-30-42-45(31-46(43)70-7)63(6)50-56(42)25-28-64-26-19-24-55(14-2,49(56)64)51(66)58(50,69)47(65)22-17-18-29-74(9,10)72-75(11,12)37-73-53-59-34-39(4)35-60-53/h15-16,19-21,24,30-31,34-35,38,49-51,61,66,68-69H,13-14,17-18,22-23,25-29,32-33,36-37H2,1-12H3/t38-,49-,50+,51+,54-,55+,56+,57-,58-/m0/s1. The highest BCUT2D eigenvalue weighted by molar-refractivity contribution is 8.00. The number of fused-ring (bicyclic) bond motifs is 4. The van der Waals surface area contributed by atoms with Crippen LogP contribution in [-0.4, -0.2) is 158 Å². The molecule has 2 aromatic heterocycles. The smallest absolute Gasteiger partial charge is 0.322 e. The summed E-state index contributed by atoms with van der Waals surface area (Å²) >= 11 is 1.65. The number of aromatic amines is 1. The Morgan fingerprint density at radius 3 is 2.37 bits per heavy atom. The van der Waals surface area contributed by atoms with E-state index >= 15 is 9.59 Å². The number of ether oxygens (including phenoxy) is 2. The molecule has 4 aliphatic heterocycles. The summed E-state index contributed by atoms with van der Waals surface area (Å²) in [5.74, 6) is -0.481. The molecule has 4 aromatic rings. The van der Waals surface area contributed by atoms with E-state index in [1.807, 2.05) is 51.5 Å². The van der Waals surface area contributed by atoms with E-state index in [-0.39, 0.29) is 24.2 Å². The van der Waals surface area contributed by atoms with Crippen LogP contribution in [0, 0.1) is 18.3 Å². The van der Waals surface area contributed by atoms with Gasteiger partial charge >= 0.3 is 5.97 Å². The van der Waals surface area contributed by atoms with Gasteiger partial charge in [-0.1, -0.05) is 69.3 Å². The maximum Gasteiger partial charge on any atom is 0.322 e. The van der Waals surface area contributed by atoms with E-state index in [1.165, 1.54) is 7.11 Å². The zero-order valence-electron chi connectivity index (χ0n) is 46.7. The van der Waals surface area contributed by atoms with Crippen LogP contribution in [-0.2, 0) is 35.7 Å². The van der Waals surface area contributed by atoms with Gasteiger partial charge in [0.25, 0.3) is 0 Å². The van der Waals surface area contributed by atoms with E-state index in [9.17, 15) is 15.3 Å². The van der Waals surface area contributed by atoms with Crippen molar-refractivity contribution in [2.75, 3.05) is 64.8 Å². The van der Waals surface area contributed by atoms with Crippen molar-refractivity contribution < 1.29 is 38.5 Å². The van der Waals surface area contributed by atoms with Gasteiger partial charge in [-0.25, -0.2) is 9.97 Å². The van der Waals surface area contributed by atoms with Gasteiger partial charge in [-0.15, -0.1) is 0 Å². The third-order valence-electron chi connectivity index (χ3n) is 18.3. The number of β-amino-alcohol motifs (C(OH)–C–C–N with tert-alkyl or cyclic N) is 1. The van der Waals surface area contributed by atoms with Crippen LogP contribution < -0.4 is 9.64 Å². The first-order valence-corrected chi connectivity index (χ1v) is 34.7. The molecule has 0 radical (unpaired) electrons. The summed E-state index contributed by atoms with van der Waals surface area (Å²) in [7, 11) is 2.83. The number of thioether (sulfide) groups is 1. The van der Waals surface area contributed by atoms with E-state index < -0.39 is 62.2 Å². The molecule has 2 aromatic carbocycles. The fourth-order valence-corrected chi connectivity index (χ4v) is 25.7. The number of nitrogens with zero attached hydrogens (tertiary/aromatic N) is 5. The second-order valence-corrected chi connectivity index (χ2v) is 34.6. The van der Waals surface area contributed by atoms with Crippen LogP contribution in [0.3, 0.4) is 0 Å². The van der Waals surface area contributed by atoms with Crippen LogP contribution in [0.15, 0.2) is 66.1 Å². The Bertz CT molecular complexity index is 2810. The zero-order chi connectivity index (χ0) is 54.1. The second kappa shape index (κ2) is 20.7. The summed E-state index contributed by atoms with van der Waals surface area (Å²) in [6, 6.07) is 12.1. The van der Waals surface area contributed by atoms with Gasteiger partial charge in [0.05, 0.1) is 25.9 Å². The summed E-state index contributed by atoms with van der Waals surface area (Å²) in [6.45, 7) is 19.7. The van der Waals surface area contributed by atoms with Crippen LogP contribution in [0.4, 0.5) is 5.69 Å². The van der Waals surface area contributed by atoms with Gasteiger partial charge in [0, 0.05) is 102 Å². The number of ketones is 1. The van der Waals surface area contributed by atoms with Gasteiger partial charge in [0.2, 0.25) is 0 Å². The maximum atomic E-state index is 15.6. The largest absolute Gasteiger partial charge is 0.496 e. The first-order chi connectivity index (χ1) is 35.5. The highest BCUT2D eigenvalue weighted by atomic mass is 32.2. The van der Waals surface area contributed by atoms with E-state index in [0.717, 1.165) is 62.0 Å². The molecular formula is C58H84N6O8SSi2. The number of methoxy groups -OCH3 is 2. The Hall–Kier alpha value is -3.92. The first-order valence-electron chi connectivity index (χ1n) is 27.5. The summed E-state index contributed by atoms with van der Waals surface area (Å²) in [5.41, 5.74) is -0.368. The van der Waals surface area contributed by atoms with Crippen molar-refractivity contribution in [2.24, 2.45) is 11.3 Å². The van der Waals surface area contributed by atoms with Crippen molar-refractivity contribution in [3.8, 4) is 5.75 Å². The molecular weight excluding hydrogens is 997 g/mol. The summed E-state index contributed by atoms with van der Waals surface area (Å²) in [5, 5.41) is 41.8. The number of rotatable bonds is 16. The molecule has 0 amide bonds. The lowest BCUT2D eigenvalue weighted by molar-refractivity contribution is -0.202. The van der Waals surface area contributed by atoms with Crippen LogP contribution in [0.2, 0.25) is 32.2 Å². The van der Waals surface area contributed by atoms with Crippen molar-refractivity contribution in [1.82, 2.24) is 24.8 Å². The van der Waals surface area contributed by atoms with Crippen molar-refractivity contribution in [3.63, 3.8) is 0 Å². The number of aryl methyl sites for hydroxylation is 1. The predicted molar refractivity (Wildman–Crippen MR) is 303 cm³/mol. The number of nitrogens with one attached hydrogen (secondary N) is 1. The minimum atomic E-state index is -2.17. The van der Waals surface area contributed by atoms with E-state index in [4.69, 9.17) is 13.6 Å². The molecule has 4 N–H and O–H groups in total. The quantitative estimate of drug-likeness (QED) is 0.0210. The van der Waals surface area contributed by atoms with E-state index in [1.54, 1.807) is 18.9 Å². The van der Waals surface area contributed by atoms with Crippen LogP contribution in [0.1, 0.15) is 100 Å². The molecule has 75 heavy (non-hydrogen) atoms. The molecule has 17 heteroatoms. The molecule has 5 aliphatic rings. The monoisotopic (exact) mass is 1080 g/mol. The van der Waals surface area contributed by atoms with Gasteiger partial charge in [-0.05, 0) is 132 Å². The van der Waals surface area contributed by atoms with E-state index in [0.29, 0.717) is 82.4 Å². The number of carbonyl (C=O) groups is 2. The molecule has 1 saturated carbocycles. The summed E-state index contributed by atoms with van der Waals surface area (Å²) in [4.78, 5) is 50.5. The Balaban J connectivity index is 1.13. The second-order valence-electron chi connectivity index (χ2n) is 24.5. The summed E-state index contributed by atoms with van der Waals surface area (Å²) in [6.07, 6.45) is 11.0. The minimum absolute atomic E-state index is 0.106. The SMILES string of the molecule is CC[C@]1(O)C[C@H](C)C[C@](C(=O)OC)(c2cc3c(cc2OC)N(C)[C@H]2[C@@](O)(C(=O)CCCC[Si](C)(C)O[Si](C)(C)CSc4ncc(C)cn4)[C@H](O)[C@]4(CC)C=CCN5CC[C@]32[C@@H]54)c2[nH]c3ccccc3c2CCN(C)C1. The van der Waals surface area contributed by atoms with E-state index in [2.05, 4.69) is 107 Å².